The highest BCUT2D eigenvalue weighted by Crippen LogP contribution is 2.46. The number of carbonyl (C=O) groups excluding carboxylic acids is 1. The van der Waals surface area contributed by atoms with Gasteiger partial charge in [-0.25, -0.2) is 4.79 Å². The molecule has 13 heavy (non-hydrogen) atoms. The molecule has 2 bridgehead atoms. The van der Waals surface area contributed by atoms with Crippen molar-refractivity contribution in [1.82, 2.24) is 4.90 Å². The van der Waals surface area contributed by atoms with E-state index in [0.717, 1.165) is 12.8 Å². The van der Waals surface area contributed by atoms with Crippen LogP contribution in [0.25, 0.3) is 0 Å². The lowest BCUT2D eigenvalue weighted by Gasteiger charge is -2.29. The second-order valence-corrected chi connectivity index (χ2v) is 3.96. The first-order valence-electron chi connectivity index (χ1n) is 4.61. The van der Waals surface area contributed by atoms with Crippen LogP contribution in [0.3, 0.4) is 0 Å². The predicted octanol–water partition coefficient (Wildman–Crippen LogP) is 0.614. The molecule has 0 unspecified atom stereocenters. The Hall–Kier alpha value is -1.06. The van der Waals surface area contributed by atoms with Gasteiger partial charge in [-0.2, -0.15) is 0 Å². The van der Waals surface area contributed by atoms with Crippen LogP contribution in [0.4, 0.5) is 0 Å². The van der Waals surface area contributed by atoms with Gasteiger partial charge in [-0.1, -0.05) is 0 Å². The topological polar surface area (TPSA) is 57.6 Å². The zero-order valence-corrected chi connectivity index (χ0v) is 7.62. The van der Waals surface area contributed by atoms with Crippen LogP contribution in [0.2, 0.25) is 0 Å². The molecule has 0 aliphatic carbocycles. The van der Waals surface area contributed by atoms with Crippen LogP contribution >= 0.6 is 0 Å². The van der Waals surface area contributed by atoms with E-state index in [1.54, 1.807) is 4.90 Å². The van der Waals surface area contributed by atoms with E-state index < -0.39 is 11.5 Å². The van der Waals surface area contributed by atoms with Crippen molar-refractivity contribution in [3.8, 4) is 0 Å². The normalized spacial score (nSPS) is 36.7. The molecule has 0 aromatic heterocycles. The summed E-state index contributed by atoms with van der Waals surface area (Å²) in [5, 5.41) is 9.12. The van der Waals surface area contributed by atoms with Gasteiger partial charge in [0.2, 0.25) is 5.91 Å². The number of carboxylic acid groups (broad SMARTS) is 1. The van der Waals surface area contributed by atoms with Crippen LogP contribution in [0, 0.1) is 0 Å². The van der Waals surface area contributed by atoms with E-state index in [4.69, 9.17) is 5.11 Å². The van der Waals surface area contributed by atoms with Crippen LogP contribution in [0.1, 0.15) is 32.6 Å². The van der Waals surface area contributed by atoms with Gasteiger partial charge in [-0.15, -0.1) is 0 Å². The van der Waals surface area contributed by atoms with Crippen LogP contribution in [0.5, 0.6) is 0 Å². The van der Waals surface area contributed by atoms with Crippen molar-refractivity contribution >= 4 is 11.9 Å². The van der Waals surface area contributed by atoms with Crippen molar-refractivity contribution < 1.29 is 14.7 Å². The quantitative estimate of drug-likeness (QED) is 0.648. The Bertz CT molecular complexity index is 266. The average molecular weight is 183 g/mol. The molecule has 2 aliphatic heterocycles. The molecule has 2 rings (SSSR count). The van der Waals surface area contributed by atoms with Crippen LogP contribution < -0.4 is 0 Å². The second kappa shape index (κ2) is 2.47. The number of nitrogens with zero attached hydrogens (tertiary/aromatic N) is 1. The van der Waals surface area contributed by atoms with Gasteiger partial charge in [0.25, 0.3) is 0 Å². The number of carbonyl (C=O) groups is 2. The fourth-order valence-corrected chi connectivity index (χ4v) is 2.80. The Balaban J connectivity index is 2.37. The zero-order valence-electron chi connectivity index (χ0n) is 7.62. The van der Waals surface area contributed by atoms with Crippen LogP contribution in [-0.4, -0.2) is 33.5 Å². The standard InChI is InChI=1S/C9H13NO3/c1-6(11)10-7-2-4-9(10,5-3-7)8(12)13/h7H,2-5H2,1H3,(H,12,13). The summed E-state index contributed by atoms with van der Waals surface area (Å²) in [5.41, 5.74) is -0.851. The Kier molecular flexibility index (Phi) is 1.62. The van der Waals surface area contributed by atoms with Crippen molar-refractivity contribution in [2.45, 2.75) is 44.2 Å². The highest BCUT2D eigenvalue weighted by atomic mass is 16.4. The van der Waals surface area contributed by atoms with E-state index in [0.29, 0.717) is 12.8 Å². The number of hydrogen-bond donors (Lipinski definition) is 1. The molecule has 2 aliphatic rings. The van der Waals surface area contributed by atoms with Gasteiger partial charge in [0.05, 0.1) is 0 Å². The number of aliphatic carboxylic acids is 1. The smallest absolute Gasteiger partial charge is 0.329 e. The molecular formula is C9H13NO3. The summed E-state index contributed by atoms with van der Waals surface area (Å²) in [5.74, 6) is -0.926. The van der Waals surface area contributed by atoms with Gasteiger partial charge in [-0.05, 0) is 25.7 Å². The van der Waals surface area contributed by atoms with E-state index in [1.165, 1.54) is 6.92 Å². The summed E-state index contributed by atoms with van der Waals surface area (Å²) in [6, 6.07) is 0.189. The summed E-state index contributed by atoms with van der Waals surface area (Å²) in [6.45, 7) is 1.46. The zero-order chi connectivity index (χ0) is 9.64. The van der Waals surface area contributed by atoms with E-state index in [1.807, 2.05) is 0 Å². The summed E-state index contributed by atoms with van der Waals surface area (Å²) < 4.78 is 0. The fourth-order valence-electron chi connectivity index (χ4n) is 2.80. The minimum Gasteiger partial charge on any atom is -0.479 e. The van der Waals surface area contributed by atoms with E-state index in [-0.39, 0.29) is 11.9 Å². The van der Waals surface area contributed by atoms with Gasteiger partial charge in [0.1, 0.15) is 5.54 Å². The molecule has 0 aromatic carbocycles. The first-order valence-corrected chi connectivity index (χ1v) is 4.61. The van der Waals surface area contributed by atoms with Crippen molar-refractivity contribution in [1.29, 1.82) is 0 Å². The van der Waals surface area contributed by atoms with Gasteiger partial charge in [0, 0.05) is 13.0 Å². The number of hydrogen-bond acceptors (Lipinski definition) is 2. The van der Waals surface area contributed by atoms with Gasteiger partial charge in [-0.3, -0.25) is 4.79 Å². The maximum absolute atomic E-state index is 11.3. The molecular weight excluding hydrogens is 170 g/mol. The molecule has 4 nitrogen and oxygen atoms in total. The average Bonchev–Trinajstić information content (AvgIpc) is 2.58. The summed E-state index contributed by atoms with van der Waals surface area (Å²) in [7, 11) is 0. The molecule has 2 fully saturated rings. The van der Waals surface area contributed by atoms with E-state index in [2.05, 4.69) is 0 Å². The third-order valence-electron chi connectivity index (χ3n) is 3.35. The number of fused-ring (bicyclic) bond motifs is 2. The van der Waals surface area contributed by atoms with Crippen LogP contribution in [0.15, 0.2) is 0 Å². The monoisotopic (exact) mass is 183 g/mol. The lowest BCUT2D eigenvalue weighted by molar-refractivity contribution is -0.154. The van der Waals surface area contributed by atoms with Crippen molar-refractivity contribution in [3.63, 3.8) is 0 Å². The fraction of sp³-hybridized carbons (Fsp3) is 0.778. The molecule has 1 amide bonds. The first-order chi connectivity index (χ1) is 6.08. The van der Waals surface area contributed by atoms with Gasteiger partial charge in [0.15, 0.2) is 0 Å². The van der Waals surface area contributed by atoms with Crippen molar-refractivity contribution in [3.05, 3.63) is 0 Å². The summed E-state index contributed by atoms with van der Waals surface area (Å²) in [4.78, 5) is 24.0. The molecule has 72 valence electrons. The van der Waals surface area contributed by atoms with E-state index in [9.17, 15) is 9.59 Å². The SMILES string of the molecule is CC(=O)N1C2CCC1(C(=O)O)CC2. The molecule has 2 heterocycles. The number of carboxylic acids is 1. The lowest BCUT2D eigenvalue weighted by atomic mass is 9.88. The Morgan fingerprint density at radius 2 is 1.92 bits per heavy atom. The number of rotatable bonds is 1. The highest BCUT2D eigenvalue weighted by Gasteiger charge is 2.57. The Labute approximate surface area is 76.5 Å². The number of amides is 1. The van der Waals surface area contributed by atoms with Gasteiger partial charge >= 0.3 is 5.97 Å². The predicted molar refractivity (Wildman–Crippen MR) is 45.1 cm³/mol. The largest absolute Gasteiger partial charge is 0.479 e. The third kappa shape index (κ3) is 0.913. The lowest BCUT2D eigenvalue weighted by Crippen LogP contribution is -2.49. The summed E-state index contributed by atoms with van der Waals surface area (Å²) in [6.07, 6.45) is 2.97. The Morgan fingerprint density at radius 3 is 2.23 bits per heavy atom. The third-order valence-corrected chi connectivity index (χ3v) is 3.35. The molecule has 0 saturated carbocycles. The van der Waals surface area contributed by atoms with Gasteiger partial charge < -0.3 is 10.0 Å². The molecule has 0 spiro atoms. The maximum Gasteiger partial charge on any atom is 0.329 e. The molecule has 4 heteroatoms. The summed E-state index contributed by atoms with van der Waals surface area (Å²) >= 11 is 0. The molecule has 0 radical (unpaired) electrons. The van der Waals surface area contributed by atoms with Crippen molar-refractivity contribution in [2.24, 2.45) is 0 Å². The molecule has 0 atom stereocenters. The highest BCUT2D eigenvalue weighted by molar-refractivity contribution is 5.88. The molecule has 0 aromatic rings. The van der Waals surface area contributed by atoms with Crippen LogP contribution in [-0.2, 0) is 9.59 Å². The molecule has 2 saturated heterocycles. The maximum atomic E-state index is 11.3. The second-order valence-electron chi connectivity index (χ2n) is 3.96. The first kappa shape index (κ1) is 8.53. The van der Waals surface area contributed by atoms with Crippen molar-refractivity contribution in [2.75, 3.05) is 0 Å². The minimum absolute atomic E-state index is 0.0950. The Morgan fingerprint density at radius 1 is 1.38 bits per heavy atom. The minimum atomic E-state index is -0.851. The van der Waals surface area contributed by atoms with E-state index >= 15 is 0 Å². The molecule has 1 N–H and O–H groups in total.